The van der Waals surface area contributed by atoms with E-state index in [1.165, 1.54) is 31.3 Å². The second kappa shape index (κ2) is 9.84. The number of carbonyl (C=O) groups is 1. The van der Waals surface area contributed by atoms with Gasteiger partial charge in [0.25, 0.3) is 0 Å². The van der Waals surface area contributed by atoms with Crippen molar-refractivity contribution in [1.29, 1.82) is 0 Å². The summed E-state index contributed by atoms with van der Waals surface area (Å²) in [6.07, 6.45) is 9.37. The van der Waals surface area contributed by atoms with Gasteiger partial charge in [-0.3, -0.25) is 4.79 Å². The molecule has 1 aliphatic rings. The molecule has 0 atom stereocenters. The van der Waals surface area contributed by atoms with Gasteiger partial charge in [0.2, 0.25) is 5.91 Å². The van der Waals surface area contributed by atoms with Gasteiger partial charge in [0, 0.05) is 18.0 Å². The van der Waals surface area contributed by atoms with Crippen LogP contribution in [0, 0.1) is 0 Å². The summed E-state index contributed by atoms with van der Waals surface area (Å²) < 4.78 is 5.56. The molecule has 0 aliphatic heterocycles. The number of hydrogen-bond donors (Lipinski definition) is 1. The highest BCUT2D eigenvalue weighted by atomic mass is 35.5. The highest BCUT2D eigenvalue weighted by Gasteiger charge is 2.06. The van der Waals surface area contributed by atoms with E-state index in [0.717, 1.165) is 13.0 Å². The van der Waals surface area contributed by atoms with Crippen molar-refractivity contribution in [2.75, 3.05) is 13.2 Å². The van der Waals surface area contributed by atoms with Crippen LogP contribution in [0.25, 0.3) is 0 Å². The molecular formula is C18H23Cl2NO2. The van der Waals surface area contributed by atoms with Gasteiger partial charge >= 0.3 is 0 Å². The third-order valence-corrected chi connectivity index (χ3v) is 4.38. The third kappa shape index (κ3) is 6.84. The Morgan fingerprint density at radius 2 is 2.13 bits per heavy atom. The topological polar surface area (TPSA) is 38.3 Å². The van der Waals surface area contributed by atoms with Crippen LogP contribution in [0.2, 0.25) is 10.0 Å². The Kier molecular flexibility index (Phi) is 7.77. The van der Waals surface area contributed by atoms with Crippen molar-refractivity contribution in [3.05, 3.63) is 39.9 Å². The van der Waals surface area contributed by atoms with E-state index in [9.17, 15) is 4.79 Å². The molecule has 1 amide bonds. The molecular weight excluding hydrogens is 333 g/mol. The lowest BCUT2D eigenvalue weighted by Gasteiger charge is -2.13. The van der Waals surface area contributed by atoms with Crippen LogP contribution in [0.5, 0.6) is 5.75 Å². The molecule has 1 N–H and O–H groups in total. The van der Waals surface area contributed by atoms with Gasteiger partial charge in [-0.15, -0.1) is 0 Å². The molecule has 0 bridgehead atoms. The summed E-state index contributed by atoms with van der Waals surface area (Å²) in [4.78, 5) is 11.8. The van der Waals surface area contributed by atoms with E-state index in [-0.39, 0.29) is 5.91 Å². The SMILES string of the molecule is O=C(CCCOc1ccc(Cl)cc1Cl)NCCC1=CCCCC1. The van der Waals surface area contributed by atoms with E-state index >= 15 is 0 Å². The molecule has 0 saturated heterocycles. The molecule has 0 unspecified atom stereocenters. The van der Waals surface area contributed by atoms with E-state index in [1.54, 1.807) is 18.2 Å². The predicted molar refractivity (Wildman–Crippen MR) is 95.4 cm³/mol. The zero-order valence-electron chi connectivity index (χ0n) is 13.2. The highest BCUT2D eigenvalue weighted by molar-refractivity contribution is 6.35. The van der Waals surface area contributed by atoms with E-state index < -0.39 is 0 Å². The van der Waals surface area contributed by atoms with Crippen LogP contribution in [0.4, 0.5) is 0 Å². The minimum Gasteiger partial charge on any atom is -0.492 e. The van der Waals surface area contributed by atoms with Crippen LogP contribution in [0.15, 0.2) is 29.8 Å². The summed E-state index contributed by atoms with van der Waals surface area (Å²) in [5, 5.41) is 4.04. The number of amides is 1. The molecule has 3 nitrogen and oxygen atoms in total. The van der Waals surface area contributed by atoms with Crippen molar-refractivity contribution >= 4 is 29.1 Å². The monoisotopic (exact) mass is 355 g/mol. The van der Waals surface area contributed by atoms with Gasteiger partial charge in [0.05, 0.1) is 11.6 Å². The predicted octanol–water partition coefficient (Wildman–Crippen LogP) is 5.16. The van der Waals surface area contributed by atoms with E-state index in [4.69, 9.17) is 27.9 Å². The maximum absolute atomic E-state index is 11.8. The van der Waals surface area contributed by atoms with E-state index in [2.05, 4.69) is 11.4 Å². The van der Waals surface area contributed by atoms with Crippen molar-refractivity contribution in [2.24, 2.45) is 0 Å². The molecule has 5 heteroatoms. The van der Waals surface area contributed by atoms with E-state index in [0.29, 0.717) is 35.2 Å². The molecule has 0 radical (unpaired) electrons. The summed E-state index contributed by atoms with van der Waals surface area (Å²) in [6.45, 7) is 1.19. The second-order valence-electron chi connectivity index (χ2n) is 5.73. The van der Waals surface area contributed by atoms with Crippen LogP contribution >= 0.6 is 23.2 Å². The first-order valence-corrected chi connectivity index (χ1v) is 8.93. The molecule has 0 fully saturated rings. The maximum Gasteiger partial charge on any atom is 0.220 e. The highest BCUT2D eigenvalue weighted by Crippen LogP contribution is 2.27. The Bertz CT molecular complexity index is 558. The summed E-state index contributed by atoms with van der Waals surface area (Å²) >= 11 is 11.8. The van der Waals surface area contributed by atoms with Crippen LogP contribution in [0.1, 0.15) is 44.9 Å². The smallest absolute Gasteiger partial charge is 0.220 e. The Labute approximate surface area is 148 Å². The standard InChI is InChI=1S/C18H23Cl2NO2/c19-15-8-9-17(16(20)13-15)23-12-4-7-18(22)21-11-10-14-5-2-1-3-6-14/h5,8-9,13H,1-4,6-7,10-12H2,(H,21,22). The summed E-state index contributed by atoms with van der Waals surface area (Å²) in [7, 11) is 0. The number of rotatable bonds is 8. The van der Waals surface area contributed by atoms with Gasteiger partial charge in [-0.2, -0.15) is 0 Å². The Balaban J connectivity index is 1.56. The first kappa shape index (κ1) is 18.2. The van der Waals surface area contributed by atoms with Crippen molar-refractivity contribution in [1.82, 2.24) is 5.32 Å². The zero-order chi connectivity index (χ0) is 16.5. The quantitative estimate of drug-likeness (QED) is 0.516. The molecule has 0 saturated carbocycles. The molecule has 126 valence electrons. The number of ether oxygens (including phenoxy) is 1. The van der Waals surface area contributed by atoms with Crippen molar-refractivity contribution in [2.45, 2.75) is 44.9 Å². The van der Waals surface area contributed by atoms with Gasteiger partial charge in [-0.05, 0) is 56.7 Å². The first-order chi connectivity index (χ1) is 11.1. The molecule has 0 spiro atoms. The number of halogens is 2. The fraction of sp³-hybridized carbons (Fsp3) is 0.500. The zero-order valence-corrected chi connectivity index (χ0v) is 14.8. The Morgan fingerprint density at radius 1 is 1.26 bits per heavy atom. The average Bonchev–Trinajstić information content (AvgIpc) is 2.54. The molecule has 1 aliphatic carbocycles. The molecule has 23 heavy (non-hydrogen) atoms. The fourth-order valence-electron chi connectivity index (χ4n) is 2.59. The molecule has 1 aromatic carbocycles. The number of allylic oxidation sites excluding steroid dienone is 1. The average molecular weight is 356 g/mol. The lowest BCUT2D eigenvalue weighted by molar-refractivity contribution is -0.121. The second-order valence-corrected chi connectivity index (χ2v) is 6.58. The van der Waals surface area contributed by atoms with Crippen LogP contribution in [-0.2, 0) is 4.79 Å². The van der Waals surface area contributed by atoms with Crippen molar-refractivity contribution in [3.8, 4) is 5.75 Å². The Morgan fingerprint density at radius 3 is 2.87 bits per heavy atom. The molecule has 1 aromatic rings. The normalized spacial score (nSPS) is 14.3. The Hall–Kier alpha value is -1.19. The minimum atomic E-state index is 0.0761. The maximum atomic E-state index is 11.8. The first-order valence-electron chi connectivity index (χ1n) is 8.17. The number of hydrogen-bond acceptors (Lipinski definition) is 2. The minimum absolute atomic E-state index is 0.0761. The lowest BCUT2D eigenvalue weighted by Crippen LogP contribution is -2.25. The largest absolute Gasteiger partial charge is 0.492 e. The van der Waals surface area contributed by atoms with Crippen molar-refractivity contribution < 1.29 is 9.53 Å². The van der Waals surface area contributed by atoms with Gasteiger partial charge in [0.15, 0.2) is 0 Å². The lowest BCUT2D eigenvalue weighted by atomic mass is 9.97. The molecule has 0 heterocycles. The van der Waals surface area contributed by atoms with Crippen LogP contribution < -0.4 is 10.1 Å². The number of nitrogens with one attached hydrogen (secondary N) is 1. The van der Waals surface area contributed by atoms with Gasteiger partial charge in [0.1, 0.15) is 5.75 Å². The summed E-state index contributed by atoms with van der Waals surface area (Å²) in [5.41, 5.74) is 1.48. The summed E-state index contributed by atoms with van der Waals surface area (Å²) in [5.74, 6) is 0.674. The van der Waals surface area contributed by atoms with Crippen LogP contribution in [0.3, 0.4) is 0 Å². The molecule has 2 rings (SSSR count). The van der Waals surface area contributed by atoms with Crippen LogP contribution in [-0.4, -0.2) is 19.1 Å². The number of carbonyl (C=O) groups excluding carboxylic acids is 1. The molecule has 0 aromatic heterocycles. The van der Waals surface area contributed by atoms with Gasteiger partial charge < -0.3 is 10.1 Å². The fourth-order valence-corrected chi connectivity index (χ4v) is 3.05. The summed E-state index contributed by atoms with van der Waals surface area (Å²) in [6, 6.07) is 5.11. The van der Waals surface area contributed by atoms with Gasteiger partial charge in [-0.1, -0.05) is 34.9 Å². The van der Waals surface area contributed by atoms with E-state index in [1.807, 2.05) is 0 Å². The van der Waals surface area contributed by atoms with Gasteiger partial charge in [-0.25, -0.2) is 0 Å². The number of benzene rings is 1. The van der Waals surface area contributed by atoms with Crippen molar-refractivity contribution in [3.63, 3.8) is 0 Å². The third-order valence-electron chi connectivity index (χ3n) is 3.85.